The van der Waals surface area contributed by atoms with Gasteiger partial charge in [0.25, 0.3) is 0 Å². The van der Waals surface area contributed by atoms with E-state index >= 15 is 0 Å². The molecule has 0 radical (unpaired) electrons. The van der Waals surface area contributed by atoms with Gasteiger partial charge in [0.2, 0.25) is 0 Å². The molecule has 0 aliphatic heterocycles. The maximum absolute atomic E-state index is 11.3. The molecule has 2 aliphatic carbocycles. The summed E-state index contributed by atoms with van der Waals surface area (Å²) in [5.74, 6) is 0.826. The monoisotopic (exact) mass is 240 g/mol. The minimum absolute atomic E-state index is 0.694. The smallest absolute Gasteiger partial charge is 0.335 e. The number of rotatable bonds is 3. The summed E-state index contributed by atoms with van der Waals surface area (Å²) in [6.07, 6.45) is 10.3. The molecule has 3 heteroatoms. The van der Waals surface area contributed by atoms with Crippen molar-refractivity contribution in [2.45, 2.75) is 63.4 Å². The van der Waals surface area contributed by atoms with Gasteiger partial charge in [0.1, 0.15) is 0 Å². The van der Waals surface area contributed by atoms with Gasteiger partial charge in [0.15, 0.2) is 5.60 Å². The lowest BCUT2D eigenvalue weighted by atomic mass is 9.69. The first-order valence-corrected chi connectivity index (χ1v) is 6.96. The summed E-state index contributed by atoms with van der Waals surface area (Å²) < 4.78 is 5.28. The Kier molecular flexibility index (Phi) is 4.08. The first-order valence-electron chi connectivity index (χ1n) is 6.96. The van der Waals surface area contributed by atoms with Gasteiger partial charge in [-0.25, -0.2) is 4.79 Å². The van der Waals surface area contributed by atoms with E-state index in [2.05, 4.69) is 0 Å². The molecule has 2 fully saturated rings. The highest BCUT2D eigenvalue weighted by atomic mass is 16.5. The zero-order valence-corrected chi connectivity index (χ0v) is 10.8. The van der Waals surface area contributed by atoms with Crippen molar-refractivity contribution in [2.24, 2.45) is 11.8 Å². The van der Waals surface area contributed by atoms with E-state index in [-0.39, 0.29) is 0 Å². The van der Waals surface area contributed by atoms with E-state index in [9.17, 15) is 9.90 Å². The van der Waals surface area contributed by atoms with E-state index in [4.69, 9.17) is 4.74 Å². The Bertz CT molecular complexity index is 261. The number of hydrogen-bond acceptors (Lipinski definition) is 2. The van der Waals surface area contributed by atoms with Crippen LogP contribution in [-0.4, -0.2) is 23.8 Å². The highest BCUT2D eigenvalue weighted by molar-refractivity contribution is 5.77. The van der Waals surface area contributed by atoms with Gasteiger partial charge in [0, 0.05) is 7.11 Å². The highest BCUT2D eigenvalue weighted by Gasteiger charge is 2.43. The summed E-state index contributed by atoms with van der Waals surface area (Å²) in [6.45, 7) is 0. The molecule has 98 valence electrons. The van der Waals surface area contributed by atoms with Crippen LogP contribution in [0.25, 0.3) is 0 Å². The molecule has 0 aromatic heterocycles. The fraction of sp³-hybridized carbons (Fsp3) is 0.929. The average Bonchev–Trinajstić information content (AvgIpc) is 2.39. The van der Waals surface area contributed by atoms with Gasteiger partial charge in [-0.3, -0.25) is 0 Å². The standard InChI is InChI=1S/C14H24O3/c1-17-14(13(15)16)9-7-12(8-10-14)11-5-3-2-4-6-11/h11-12H,2-10H2,1H3,(H,15,16). The van der Waals surface area contributed by atoms with Crippen LogP contribution in [0, 0.1) is 11.8 Å². The molecule has 0 bridgehead atoms. The van der Waals surface area contributed by atoms with Crippen molar-refractivity contribution in [1.82, 2.24) is 0 Å². The average molecular weight is 240 g/mol. The van der Waals surface area contributed by atoms with Crippen LogP contribution in [0.3, 0.4) is 0 Å². The molecule has 1 N–H and O–H groups in total. The van der Waals surface area contributed by atoms with E-state index < -0.39 is 11.6 Å². The minimum Gasteiger partial charge on any atom is -0.479 e. The van der Waals surface area contributed by atoms with Crippen LogP contribution >= 0.6 is 0 Å². The summed E-state index contributed by atoms with van der Waals surface area (Å²) in [5, 5.41) is 9.26. The molecule has 0 aromatic carbocycles. The Morgan fingerprint density at radius 1 is 1.06 bits per heavy atom. The van der Waals surface area contributed by atoms with Crippen LogP contribution < -0.4 is 0 Å². The second kappa shape index (κ2) is 5.38. The van der Waals surface area contributed by atoms with Crippen molar-refractivity contribution in [1.29, 1.82) is 0 Å². The third-order valence-corrected chi connectivity index (χ3v) is 4.93. The number of ether oxygens (including phenoxy) is 1. The molecule has 0 aromatic rings. The number of aliphatic carboxylic acids is 1. The van der Waals surface area contributed by atoms with E-state index in [0.717, 1.165) is 24.7 Å². The molecule has 0 amide bonds. The van der Waals surface area contributed by atoms with Crippen molar-refractivity contribution in [2.75, 3.05) is 7.11 Å². The molecule has 0 heterocycles. The molecule has 0 unspecified atom stereocenters. The Labute approximate surface area is 104 Å². The maximum atomic E-state index is 11.3. The molecule has 3 nitrogen and oxygen atoms in total. The number of carboxylic acid groups (broad SMARTS) is 1. The zero-order valence-electron chi connectivity index (χ0n) is 10.8. The molecule has 2 saturated carbocycles. The number of carbonyl (C=O) groups is 1. The van der Waals surface area contributed by atoms with Gasteiger partial charge in [-0.2, -0.15) is 0 Å². The van der Waals surface area contributed by atoms with E-state index in [0.29, 0.717) is 12.8 Å². The van der Waals surface area contributed by atoms with Gasteiger partial charge in [-0.05, 0) is 37.5 Å². The van der Waals surface area contributed by atoms with E-state index in [1.54, 1.807) is 0 Å². The first-order chi connectivity index (χ1) is 8.18. The third kappa shape index (κ3) is 2.65. The fourth-order valence-electron chi connectivity index (χ4n) is 3.69. The molecule has 0 saturated heterocycles. The van der Waals surface area contributed by atoms with Gasteiger partial charge < -0.3 is 9.84 Å². The molecule has 0 atom stereocenters. The van der Waals surface area contributed by atoms with Crippen molar-refractivity contribution < 1.29 is 14.6 Å². The highest BCUT2D eigenvalue weighted by Crippen LogP contribution is 2.42. The summed E-state index contributed by atoms with van der Waals surface area (Å²) in [4.78, 5) is 11.3. The summed E-state index contributed by atoms with van der Waals surface area (Å²) in [7, 11) is 1.54. The Balaban J connectivity index is 1.90. The lowest BCUT2D eigenvalue weighted by Gasteiger charge is -2.39. The second-order valence-electron chi connectivity index (χ2n) is 5.74. The predicted molar refractivity (Wildman–Crippen MR) is 65.9 cm³/mol. The Morgan fingerprint density at radius 2 is 1.59 bits per heavy atom. The predicted octanol–water partition coefficient (Wildman–Crippen LogP) is 3.23. The normalized spacial score (nSPS) is 35.7. The van der Waals surface area contributed by atoms with Crippen LogP contribution in [0.15, 0.2) is 0 Å². The molecular weight excluding hydrogens is 216 g/mol. The third-order valence-electron chi connectivity index (χ3n) is 4.93. The number of hydrogen-bond donors (Lipinski definition) is 1. The van der Waals surface area contributed by atoms with E-state index in [1.165, 1.54) is 39.2 Å². The summed E-state index contributed by atoms with van der Waals surface area (Å²) >= 11 is 0. The van der Waals surface area contributed by atoms with Crippen LogP contribution in [-0.2, 0) is 9.53 Å². The summed E-state index contributed by atoms with van der Waals surface area (Å²) in [5.41, 5.74) is -0.884. The molecule has 0 spiro atoms. The van der Waals surface area contributed by atoms with Crippen LogP contribution in [0.1, 0.15) is 57.8 Å². The van der Waals surface area contributed by atoms with Crippen LogP contribution in [0.5, 0.6) is 0 Å². The first kappa shape index (κ1) is 12.9. The lowest BCUT2D eigenvalue weighted by Crippen LogP contribution is -2.44. The SMILES string of the molecule is COC1(C(=O)O)CCC(C2CCCCC2)CC1. The van der Waals surface area contributed by atoms with Gasteiger partial charge in [-0.1, -0.05) is 32.1 Å². The Morgan fingerprint density at radius 3 is 2.06 bits per heavy atom. The second-order valence-corrected chi connectivity index (χ2v) is 5.74. The number of methoxy groups -OCH3 is 1. The van der Waals surface area contributed by atoms with Crippen molar-refractivity contribution in [3.8, 4) is 0 Å². The Hall–Kier alpha value is -0.570. The van der Waals surface area contributed by atoms with Crippen molar-refractivity contribution in [3.63, 3.8) is 0 Å². The molecule has 17 heavy (non-hydrogen) atoms. The van der Waals surface area contributed by atoms with Crippen molar-refractivity contribution >= 4 is 5.97 Å². The van der Waals surface area contributed by atoms with Crippen molar-refractivity contribution in [3.05, 3.63) is 0 Å². The van der Waals surface area contributed by atoms with Crippen LogP contribution in [0.2, 0.25) is 0 Å². The fourth-order valence-corrected chi connectivity index (χ4v) is 3.69. The topological polar surface area (TPSA) is 46.5 Å². The van der Waals surface area contributed by atoms with Gasteiger partial charge >= 0.3 is 5.97 Å². The zero-order chi connectivity index (χ0) is 12.3. The molecule has 2 aliphatic rings. The van der Waals surface area contributed by atoms with Crippen LogP contribution in [0.4, 0.5) is 0 Å². The lowest BCUT2D eigenvalue weighted by molar-refractivity contribution is -0.168. The molecule has 2 rings (SSSR count). The van der Waals surface area contributed by atoms with Gasteiger partial charge in [-0.15, -0.1) is 0 Å². The minimum atomic E-state index is -0.884. The van der Waals surface area contributed by atoms with Gasteiger partial charge in [0.05, 0.1) is 0 Å². The number of carboxylic acids is 1. The summed E-state index contributed by atoms with van der Waals surface area (Å²) in [6, 6.07) is 0. The quantitative estimate of drug-likeness (QED) is 0.823. The molecular formula is C14H24O3. The van der Waals surface area contributed by atoms with E-state index in [1.807, 2.05) is 0 Å². The maximum Gasteiger partial charge on any atom is 0.335 e. The largest absolute Gasteiger partial charge is 0.479 e.